The molecule has 0 aromatic rings. The quantitative estimate of drug-likeness (QED) is 0.349. The van der Waals surface area contributed by atoms with Gasteiger partial charge in [0.2, 0.25) is 26.5 Å². The molecular formula is C21H39N3O4Si. The van der Waals surface area contributed by atoms with E-state index in [1.807, 2.05) is 0 Å². The van der Waals surface area contributed by atoms with Gasteiger partial charge >= 0.3 is 0 Å². The Labute approximate surface area is 176 Å². The zero-order valence-electron chi connectivity index (χ0n) is 18.8. The minimum absolute atomic E-state index is 0.0504. The summed E-state index contributed by atoms with van der Waals surface area (Å²) in [7, 11) is -2.20. The molecule has 0 spiro atoms. The molecule has 166 valence electrons. The fraction of sp³-hybridized carbons (Fsp3) is 0.857. The van der Waals surface area contributed by atoms with Gasteiger partial charge in [0, 0.05) is 6.54 Å². The molecule has 29 heavy (non-hydrogen) atoms. The fourth-order valence-electron chi connectivity index (χ4n) is 4.21. The van der Waals surface area contributed by atoms with Gasteiger partial charge in [0.15, 0.2) is 0 Å². The highest BCUT2D eigenvalue weighted by Gasteiger charge is 2.42. The Kier molecular flexibility index (Phi) is 7.90. The van der Waals surface area contributed by atoms with Crippen LogP contribution in [0.3, 0.4) is 0 Å². The van der Waals surface area contributed by atoms with Crippen molar-refractivity contribution in [1.82, 2.24) is 9.96 Å². The van der Waals surface area contributed by atoms with E-state index in [1.54, 1.807) is 4.90 Å². The van der Waals surface area contributed by atoms with E-state index in [-0.39, 0.29) is 23.4 Å². The van der Waals surface area contributed by atoms with Gasteiger partial charge in [-0.3, -0.25) is 14.4 Å². The largest absolute Gasteiger partial charge is 0.368 e. The van der Waals surface area contributed by atoms with E-state index in [1.165, 1.54) is 17.9 Å². The van der Waals surface area contributed by atoms with Gasteiger partial charge in [-0.2, -0.15) is 0 Å². The van der Waals surface area contributed by atoms with Gasteiger partial charge in [-0.1, -0.05) is 46.5 Å². The number of hydrogen-bond donors (Lipinski definition) is 1. The molecule has 0 bridgehead atoms. The molecule has 7 nitrogen and oxygen atoms in total. The number of nitrogens with zero attached hydrogens (tertiary/aromatic N) is 2. The minimum Gasteiger partial charge on any atom is -0.368 e. The summed E-state index contributed by atoms with van der Waals surface area (Å²) in [6.07, 6.45) is 7.45. The summed E-state index contributed by atoms with van der Waals surface area (Å²) in [5, 5.41) is 1.29. The summed E-state index contributed by atoms with van der Waals surface area (Å²) in [6, 6.07) is -0.528. The SMILES string of the molecule is CC(C)(C)[Si](C)(C)ON(C=O)C[C@@H](CC1CCCC1)C(=O)N1CCC[C@H]1C(N)=O. The second kappa shape index (κ2) is 9.60. The van der Waals surface area contributed by atoms with Crippen molar-refractivity contribution >= 4 is 26.5 Å². The van der Waals surface area contributed by atoms with Gasteiger partial charge in [0.1, 0.15) is 6.04 Å². The average Bonchev–Trinajstić information content (AvgIpc) is 3.30. The Morgan fingerprint density at radius 2 is 1.83 bits per heavy atom. The molecule has 0 aromatic carbocycles. The molecule has 0 radical (unpaired) electrons. The molecule has 2 N–H and O–H groups in total. The number of nitrogens with two attached hydrogens (primary N) is 1. The number of carbonyl (C=O) groups excluding carboxylic acids is 3. The Morgan fingerprint density at radius 1 is 1.21 bits per heavy atom. The molecule has 0 aromatic heterocycles. The van der Waals surface area contributed by atoms with E-state index in [2.05, 4.69) is 33.9 Å². The van der Waals surface area contributed by atoms with Gasteiger partial charge < -0.3 is 15.2 Å². The first-order valence-corrected chi connectivity index (χ1v) is 13.9. The van der Waals surface area contributed by atoms with Crippen LogP contribution >= 0.6 is 0 Å². The first kappa shape index (κ1) is 23.9. The first-order chi connectivity index (χ1) is 13.5. The summed E-state index contributed by atoms with van der Waals surface area (Å²) in [6.45, 7) is 11.3. The van der Waals surface area contributed by atoms with Crippen molar-refractivity contribution in [2.75, 3.05) is 13.1 Å². The van der Waals surface area contributed by atoms with E-state index in [4.69, 9.17) is 10.3 Å². The van der Waals surface area contributed by atoms with Crippen LogP contribution < -0.4 is 5.73 Å². The third kappa shape index (κ3) is 6.04. The average molecular weight is 426 g/mol. The van der Waals surface area contributed by atoms with E-state index in [9.17, 15) is 14.4 Å². The fourth-order valence-corrected chi connectivity index (χ4v) is 5.19. The van der Waals surface area contributed by atoms with Gasteiger partial charge in [-0.05, 0) is 43.3 Å². The van der Waals surface area contributed by atoms with E-state index < -0.39 is 20.3 Å². The molecule has 1 aliphatic carbocycles. The normalized spacial score (nSPS) is 22.0. The molecule has 8 heteroatoms. The summed E-state index contributed by atoms with van der Waals surface area (Å²) in [5.74, 6) is -0.392. The topological polar surface area (TPSA) is 92.9 Å². The van der Waals surface area contributed by atoms with Crippen molar-refractivity contribution in [3.05, 3.63) is 0 Å². The second-order valence-corrected chi connectivity index (χ2v) is 14.9. The number of carbonyl (C=O) groups is 3. The number of rotatable bonds is 9. The summed E-state index contributed by atoms with van der Waals surface area (Å²) in [4.78, 5) is 38.7. The highest BCUT2D eigenvalue weighted by atomic mass is 28.4. The minimum atomic E-state index is -2.20. The molecule has 3 amide bonds. The van der Waals surface area contributed by atoms with Crippen LogP contribution in [0.1, 0.15) is 65.7 Å². The van der Waals surface area contributed by atoms with Crippen LogP contribution in [-0.2, 0) is 18.9 Å². The third-order valence-corrected chi connectivity index (χ3v) is 11.3. The van der Waals surface area contributed by atoms with Gasteiger partial charge in [-0.25, -0.2) is 5.06 Å². The maximum Gasteiger partial charge on any atom is 0.240 e. The zero-order valence-corrected chi connectivity index (χ0v) is 19.8. The van der Waals surface area contributed by atoms with Crippen molar-refractivity contribution in [3.8, 4) is 0 Å². The molecule has 1 heterocycles. The first-order valence-electron chi connectivity index (χ1n) is 11.0. The van der Waals surface area contributed by atoms with Crippen LogP contribution in [0, 0.1) is 11.8 Å². The van der Waals surface area contributed by atoms with Gasteiger partial charge in [-0.15, -0.1) is 0 Å². The van der Waals surface area contributed by atoms with E-state index in [0.717, 1.165) is 25.7 Å². The third-order valence-electron chi connectivity index (χ3n) is 6.98. The highest BCUT2D eigenvalue weighted by Crippen LogP contribution is 2.38. The number of amides is 3. The monoisotopic (exact) mass is 425 g/mol. The summed E-state index contributed by atoms with van der Waals surface area (Å²) < 4.78 is 6.18. The zero-order chi connectivity index (χ0) is 21.8. The van der Waals surface area contributed by atoms with Crippen LogP contribution in [0.25, 0.3) is 0 Å². The van der Waals surface area contributed by atoms with Crippen LogP contribution in [0.5, 0.6) is 0 Å². The van der Waals surface area contributed by atoms with Crippen molar-refractivity contribution in [2.45, 2.75) is 89.9 Å². The number of primary amides is 1. The van der Waals surface area contributed by atoms with Gasteiger partial charge in [0.25, 0.3) is 0 Å². The smallest absolute Gasteiger partial charge is 0.240 e. The predicted molar refractivity (Wildman–Crippen MR) is 115 cm³/mol. The maximum atomic E-state index is 13.4. The lowest BCUT2D eigenvalue weighted by molar-refractivity contribution is -0.154. The van der Waals surface area contributed by atoms with E-state index in [0.29, 0.717) is 25.3 Å². The van der Waals surface area contributed by atoms with Crippen LogP contribution in [0.4, 0.5) is 0 Å². The molecule has 1 aliphatic heterocycles. The lowest BCUT2D eigenvalue weighted by Gasteiger charge is -2.39. The van der Waals surface area contributed by atoms with Crippen molar-refractivity contribution in [3.63, 3.8) is 0 Å². The van der Waals surface area contributed by atoms with Crippen molar-refractivity contribution < 1.29 is 18.9 Å². The van der Waals surface area contributed by atoms with Gasteiger partial charge in [0.05, 0.1) is 12.5 Å². The molecule has 2 fully saturated rings. The van der Waals surface area contributed by atoms with Crippen molar-refractivity contribution in [1.29, 1.82) is 0 Å². The predicted octanol–water partition coefficient (Wildman–Crippen LogP) is 3.05. The molecule has 1 saturated heterocycles. The standard InChI is InChI=1S/C21H39N3O4Si/c1-21(2,3)29(4,5)28-23(15-25)14-17(13-16-9-6-7-10-16)20(27)24-12-8-11-18(24)19(22)26/h15-18H,6-14H2,1-5H3,(H2,22,26)/t17-,18+/m1/s1. The molecule has 1 saturated carbocycles. The Bertz CT molecular complexity index is 599. The molecule has 2 atom stereocenters. The Balaban J connectivity index is 2.17. The Hall–Kier alpha value is -1.41. The second-order valence-electron chi connectivity index (χ2n) is 10.2. The lowest BCUT2D eigenvalue weighted by Crippen LogP contribution is -2.51. The molecule has 2 rings (SSSR count). The highest BCUT2D eigenvalue weighted by molar-refractivity contribution is 6.74. The molecule has 2 aliphatic rings. The van der Waals surface area contributed by atoms with Crippen LogP contribution in [0.15, 0.2) is 0 Å². The van der Waals surface area contributed by atoms with Crippen LogP contribution in [0.2, 0.25) is 18.1 Å². The molecular weight excluding hydrogens is 386 g/mol. The number of likely N-dealkylation sites (tertiary alicyclic amines) is 1. The number of hydrogen-bond acceptors (Lipinski definition) is 4. The lowest BCUT2D eigenvalue weighted by atomic mass is 9.91. The maximum absolute atomic E-state index is 13.4. The van der Waals surface area contributed by atoms with Crippen LogP contribution in [-0.4, -0.2) is 55.6 Å². The molecule has 0 unspecified atom stereocenters. The van der Waals surface area contributed by atoms with Crippen molar-refractivity contribution in [2.24, 2.45) is 17.6 Å². The van der Waals surface area contributed by atoms with E-state index >= 15 is 0 Å². The number of hydroxylamine groups is 2. The summed E-state index contributed by atoms with van der Waals surface area (Å²) in [5.41, 5.74) is 5.53. The Morgan fingerprint density at radius 3 is 2.34 bits per heavy atom. The summed E-state index contributed by atoms with van der Waals surface area (Å²) >= 11 is 0.